The SMILES string of the molecule is CC(=O)N(CCC(=O)Nc1ccccc1OC(C)C)C1CCCCC1. The smallest absolute Gasteiger partial charge is 0.226 e. The van der Waals surface area contributed by atoms with Crippen molar-refractivity contribution in [3.8, 4) is 5.75 Å². The van der Waals surface area contributed by atoms with Crippen LogP contribution in [0.1, 0.15) is 59.3 Å². The maximum atomic E-state index is 12.4. The molecule has 5 heteroatoms. The summed E-state index contributed by atoms with van der Waals surface area (Å²) >= 11 is 0. The molecule has 0 heterocycles. The van der Waals surface area contributed by atoms with Crippen LogP contribution in [-0.2, 0) is 9.59 Å². The van der Waals surface area contributed by atoms with Crippen molar-refractivity contribution < 1.29 is 14.3 Å². The molecule has 1 aliphatic rings. The lowest BCUT2D eigenvalue weighted by Crippen LogP contribution is -2.41. The maximum Gasteiger partial charge on any atom is 0.226 e. The van der Waals surface area contributed by atoms with E-state index in [1.165, 1.54) is 19.3 Å². The molecule has 2 rings (SSSR count). The highest BCUT2D eigenvalue weighted by molar-refractivity contribution is 5.92. The van der Waals surface area contributed by atoms with E-state index in [9.17, 15) is 9.59 Å². The molecule has 138 valence electrons. The molecule has 5 nitrogen and oxygen atoms in total. The van der Waals surface area contributed by atoms with Crippen molar-refractivity contribution in [2.24, 2.45) is 0 Å². The minimum absolute atomic E-state index is 0.0394. The van der Waals surface area contributed by atoms with Gasteiger partial charge in [0.1, 0.15) is 5.75 Å². The fourth-order valence-corrected chi connectivity index (χ4v) is 3.35. The molecule has 1 N–H and O–H groups in total. The summed E-state index contributed by atoms with van der Waals surface area (Å²) in [5.74, 6) is 0.631. The van der Waals surface area contributed by atoms with E-state index in [1.54, 1.807) is 6.92 Å². The first-order chi connectivity index (χ1) is 12.0. The highest BCUT2D eigenvalue weighted by atomic mass is 16.5. The van der Waals surface area contributed by atoms with Crippen LogP contribution in [0.3, 0.4) is 0 Å². The molecule has 0 bridgehead atoms. The van der Waals surface area contributed by atoms with Crippen LogP contribution in [0.15, 0.2) is 24.3 Å². The van der Waals surface area contributed by atoms with Gasteiger partial charge >= 0.3 is 0 Å². The fraction of sp³-hybridized carbons (Fsp3) is 0.600. The second kappa shape index (κ2) is 9.44. The lowest BCUT2D eigenvalue weighted by atomic mass is 9.94. The van der Waals surface area contributed by atoms with Crippen LogP contribution in [0.4, 0.5) is 5.69 Å². The molecule has 1 saturated carbocycles. The van der Waals surface area contributed by atoms with Crippen molar-refractivity contribution in [2.75, 3.05) is 11.9 Å². The molecular formula is C20H30N2O3. The standard InChI is InChI=1S/C20H30N2O3/c1-15(2)25-19-12-8-7-11-18(19)21-20(24)13-14-22(16(3)23)17-9-5-4-6-10-17/h7-8,11-12,15,17H,4-6,9-10,13-14H2,1-3H3,(H,21,24). The van der Waals surface area contributed by atoms with Gasteiger partial charge in [-0.25, -0.2) is 0 Å². The molecule has 0 spiro atoms. The number of hydrogen-bond donors (Lipinski definition) is 1. The van der Waals surface area contributed by atoms with E-state index >= 15 is 0 Å². The molecule has 0 unspecified atom stereocenters. The summed E-state index contributed by atoms with van der Waals surface area (Å²) in [6, 6.07) is 7.72. The zero-order chi connectivity index (χ0) is 18.2. The number of rotatable bonds is 7. The molecule has 1 aliphatic carbocycles. The Balaban J connectivity index is 1.92. The van der Waals surface area contributed by atoms with Gasteiger partial charge in [-0.1, -0.05) is 31.4 Å². The minimum Gasteiger partial charge on any atom is -0.489 e. The Labute approximate surface area is 150 Å². The summed E-state index contributed by atoms with van der Waals surface area (Å²) in [5.41, 5.74) is 0.674. The summed E-state index contributed by atoms with van der Waals surface area (Å²) in [6.45, 7) is 5.97. The number of anilines is 1. The zero-order valence-electron chi connectivity index (χ0n) is 15.6. The van der Waals surface area contributed by atoms with Gasteiger partial charge in [-0.3, -0.25) is 9.59 Å². The van der Waals surface area contributed by atoms with Crippen LogP contribution in [0.25, 0.3) is 0 Å². The summed E-state index contributed by atoms with van der Waals surface area (Å²) in [7, 11) is 0. The number of para-hydroxylation sites is 2. The average Bonchev–Trinajstić information content (AvgIpc) is 2.57. The van der Waals surface area contributed by atoms with Crippen LogP contribution < -0.4 is 10.1 Å². The van der Waals surface area contributed by atoms with Gasteiger partial charge in [-0.15, -0.1) is 0 Å². The summed E-state index contributed by atoms with van der Waals surface area (Å²) < 4.78 is 5.73. The quantitative estimate of drug-likeness (QED) is 0.812. The summed E-state index contributed by atoms with van der Waals surface area (Å²) in [4.78, 5) is 26.2. The molecular weight excluding hydrogens is 316 g/mol. The van der Waals surface area contributed by atoms with Gasteiger partial charge in [-0.2, -0.15) is 0 Å². The monoisotopic (exact) mass is 346 g/mol. The maximum absolute atomic E-state index is 12.4. The van der Waals surface area contributed by atoms with E-state index in [0.717, 1.165) is 12.8 Å². The lowest BCUT2D eigenvalue weighted by molar-refractivity contribution is -0.132. The highest BCUT2D eigenvalue weighted by Crippen LogP contribution is 2.26. The van der Waals surface area contributed by atoms with E-state index in [0.29, 0.717) is 24.4 Å². The number of ether oxygens (including phenoxy) is 1. The average molecular weight is 346 g/mol. The molecule has 1 aromatic rings. The first-order valence-electron chi connectivity index (χ1n) is 9.30. The first kappa shape index (κ1) is 19.3. The van der Waals surface area contributed by atoms with Gasteiger partial charge in [0.25, 0.3) is 0 Å². The Morgan fingerprint density at radius 1 is 1.20 bits per heavy atom. The summed E-state index contributed by atoms with van der Waals surface area (Å²) in [6.07, 6.45) is 6.01. The van der Waals surface area contributed by atoms with Crippen LogP contribution in [0, 0.1) is 0 Å². The Morgan fingerprint density at radius 3 is 2.52 bits per heavy atom. The van der Waals surface area contributed by atoms with Crippen LogP contribution in [0.2, 0.25) is 0 Å². The predicted octanol–water partition coefficient (Wildman–Crippen LogP) is 3.98. The number of nitrogens with zero attached hydrogens (tertiary/aromatic N) is 1. The van der Waals surface area contributed by atoms with Crippen molar-refractivity contribution in [2.45, 2.75) is 71.4 Å². The normalized spacial score (nSPS) is 15.0. The highest BCUT2D eigenvalue weighted by Gasteiger charge is 2.23. The predicted molar refractivity (Wildman–Crippen MR) is 99.7 cm³/mol. The Morgan fingerprint density at radius 2 is 1.88 bits per heavy atom. The second-order valence-corrected chi connectivity index (χ2v) is 6.97. The van der Waals surface area contributed by atoms with E-state index in [-0.39, 0.29) is 24.0 Å². The van der Waals surface area contributed by atoms with Gasteiger partial charge < -0.3 is 15.0 Å². The van der Waals surface area contributed by atoms with Crippen molar-refractivity contribution >= 4 is 17.5 Å². The molecule has 1 fully saturated rings. The third-order valence-electron chi connectivity index (χ3n) is 4.52. The fourth-order valence-electron chi connectivity index (χ4n) is 3.35. The summed E-state index contributed by atoms with van der Waals surface area (Å²) in [5, 5.41) is 2.91. The van der Waals surface area contributed by atoms with Crippen molar-refractivity contribution in [3.63, 3.8) is 0 Å². The van der Waals surface area contributed by atoms with Crippen molar-refractivity contribution in [1.29, 1.82) is 0 Å². The molecule has 0 radical (unpaired) electrons. The molecule has 0 saturated heterocycles. The van der Waals surface area contributed by atoms with E-state index in [1.807, 2.05) is 43.0 Å². The Kier molecular flexibility index (Phi) is 7.29. The Bertz CT molecular complexity index is 580. The molecule has 0 aliphatic heterocycles. The number of hydrogen-bond acceptors (Lipinski definition) is 3. The minimum atomic E-state index is -0.0955. The second-order valence-electron chi connectivity index (χ2n) is 6.97. The molecule has 0 aromatic heterocycles. The Hall–Kier alpha value is -2.04. The third kappa shape index (κ3) is 6.07. The van der Waals surface area contributed by atoms with E-state index in [4.69, 9.17) is 4.74 Å². The van der Waals surface area contributed by atoms with Crippen molar-refractivity contribution in [1.82, 2.24) is 4.90 Å². The van der Waals surface area contributed by atoms with E-state index in [2.05, 4.69) is 5.32 Å². The van der Waals surface area contributed by atoms with Gasteiger partial charge in [0.15, 0.2) is 0 Å². The first-order valence-corrected chi connectivity index (χ1v) is 9.30. The van der Waals surface area contributed by atoms with Gasteiger partial charge in [0, 0.05) is 25.9 Å². The molecule has 0 atom stereocenters. The van der Waals surface area contributed by atoms with Gasteiger partial charge in [-0.05, 0) is 38.8 Å². The third-order valence-corrected chi connectivity index (χ3v) is 4.52. The number of benzene rings is 1. The van der Waals surface area contributed by atoms with Crippen LogP contribution in [-0.4, -0.2) is 35.4 Å². The topological polar surface area (TPSA) is 58.6 Å². The van der Waals surface area contributed by atoms with Crippen LogP contribution in [0.5, 0.6) is 5.75 Å². The molecule has 25 heavy (non-hydrogen) atoms. The van der Waals surface area contributed by atoms with Crippen molar-refractivity contribution in [3.05, 3.63) is 24.3 Å². The van der Waals surface area contributed by atoms with Gasteiger partial charge in [0.2, 0.25) is 11.8 Å². The lowest BCUT2D eigenvalue weighted by Gasteiger charge is -2.33. The largest absolute Gasteiger partial charge is 0.489 e. The van der Waals surface area contributed by atoms with Gasteiger partial charge in [0.05, 0.1) is 11.8 Å². The van der Waals surface area contributed by atoms with E-state index < -0.39 is 0 Å². The zero-order valence-corrected chi connectivity index (χ0v) is 15.6. The number of carbonyl (C=O) groups excluding carboxylic acids is 2. The number of carbonyl (C=O) groups is 2. The van der Waals surface area contributed by atoms with Crippen LogP contribution >= 0.6 is 0 Å². The molecule has 1 aromatic carbocycles. The molecule has 2 amide bonds. The number of nitrogens with one attached hydrogen (secondary N) is 1. The number of amides is 2.